The molecule has 212 valence electrons. The highest BCUT2D eigenvalue weighted by atomic mass is 32.1. The van der Waals surface area contributed by atoms with Crippen LogP contribution in [0.25, 0.3) is 10.6 Å². The zero-order valence-corrected chi connectivity index (χ0v) is 23.9. The molecular formula is C33H40FN3O2S. The molecule has 3 atom stereocenters. The summed E-state index contributed by atoms with van der Waals surface area (Å²) in [6.45, 7) is 4.79. The summed E-state index contributed by atoms with van der Waals surface area (Å²) in [4.78, 5) is 22.4. The number of carbonyl (C=O) groups is 1. The van der Waals surface area contributed by atoms with Crippen molar-refractivity contribution in [3.8, 4) is 10.6 Å². The van der Waals surface area contributed by atoms with E-state index in [0.717, 1.165) is 87.5 Å². The van der Waals surface area contributed by atoms with Crippen LogP contribution in [0.15, 0.2) is 60.0 Å². The Balaban J connectivity index is 1.11. The van der Waals surface area contributed by atoms with Crippen LogP contribution in [0.1, 0.15) is 68.0 Å². The number of rotatable bonds is 8. The first kappa shape index (κ1) is 27.6. The molecular weight excluding hydrogens is 521 g/mol. The minimum absolute atomic E-state index is 0.222. The number of piperidine rings is 1. The van der Waals surface area contributed by atoms with Crippen molar-refractivity contribution in [1.82, 2.24) is 14.8 Å². The summed E-state index contributed by atoms with van der Waals surface area (Å²) in [5, 5.41) is 13.4. The zero-order chi connectivity index (χ0) is 27.5. The Morgan fingerprint density at radius 1 is 0.975 bits per heavy atom. The molecule has 3 heterocycles. The standard InChI is InChI=1S/C33H40FN3O2S/c34-28-13-11-26(12-14-28)32-35-30(22-40-32)24-15-17-36(18-16-24)19-27-20-37(21-29(27)23-7-3-1-4-8-23)31(33(38)39)25-9-5-2-6-10-25/h1,3-4,7-8,11-14,22,24-25,27,29,31H,2,5-6,9-10,15-21H2,(H,38,39). The number of benzene rings is 2. The Kier molecular flexibility index (Phi) is 8.61. The van der Waals surface area contributed by atoms with Gasteiger partial charge in [0.05, 0.1) is 5.69 Å². The molecule has 1 aliphatic carbocycles. The van der Waals surface area contributed by atoms with Gasteiger partial charge in [-0.3, -0.25) is 9.69 Å². The molecule has 7 heteroatoms. The number of nitrogens with zero attached hydrogens (tertiary/aromatic N) is 3. The molecule has 3 fully saturated rings. The van der Waals surface area contributed by atoms with Gasteiger partial charge in [0.15, 0.2) is 0 Å². The van der Waals surface area contributed by atoms with Crippen LogP contribution in [0, 0.1) is 17.7 Å². The smallest absolute Gasteiger partial charge is 0.321 e. The normalized spacial score (nSPS) is 24.3. The van der Waals surface area contributed by atoms with Gasteiger partial charge in [0.2, 0.25) is 0 Å². The summed E-state index contributed by atoms with van der Waals surface area (Å²) >= 11 is 1.64. The molecule has 40 heavy (non-hydrogen) atoms. The predicted octanol–water partition coefficient (Wildman–Crippen LogP) is 6.88. The van der Waals surface area contributed by atoms with Gasteiger partial charge in [-0.05, 0) is 80.4 Å². The van der Waals surface area contributed by atoms with E-state index in [-0.39, 0.29) is 17.8 Å². The molecule has 2 saturated heterocycles. The van der Waals surface area contributed by atoms with Crippen LogP contribution in [0.4, 0.5) is 4.39 Å². The summed E-state index contributed by atoms with van der Waals surface area (Å²) < 4.78 is 13.3. The van der Waals surface area contributed by atoms with Gasteiger partial charge in [0.1, 0.15) is 16.9 Å². The summed E-state index contributed by atoms with van der Waals surface area (Å²) in [6.07, 6.45) is 7.81. The molecule has 6 rings (SSSR count). The number of carboxylic acid groups (broad SMARTS) is 1. The van der Waals surface area contributed by atoms with Gasteiger partial charge in [0, 0.05) is 42.4 Å². The average molecular weight is 562 g/mol. The van der Waals surface area contributed by atoms with E-state index in [9.17, 15) is 14.3 Å². The highest BCUT2D eigenvalue weighted by Crippen LogP contribution is 2.39. The SMILES string of the molecule is O=C(O)C(C1CCCCC1)N1CC(CN2CCC(c3csc(-c4ccc(F)cc4)n3)CC2)C(c2ccccc2)C1. The molecule has 2 aliphatic heterocycles. The molecule has 5 nitrogen and oxygen atoms in total. The monoisotopic (exact) mass is 561 g/mol. The number of hydrogen-bond donors (Lipinski definition) is 1. The lowest BCUT2D eigenvalue weighted by molar-refractivity contribution is -0.145. The van der Waals surface area contributed by atoms with Gasteiger partial charge in [-0.2, -0.15) is 0 Å². The van der Waals surface area contributed by atoms with Crippen LogP contribution < -0.4 is 0 Å². The minimum Gasteiger partial charge on any atom is -0.480 e. The second-order valence-electron chi connectivity index (χ2n) is 12.1. The van der Waals surface area contributed by atoms with E-state index in [1.807, 2.05) is 0 Å². The highest BCUT2D eigenvalue weighted by molar-refractivity contribution is 7.13. The van der Waals surface area contributed by atoms with Crippen molar-refractivity contribution in [1.29, 1.82) is 0 Å². The number of carboxylic acids is 1. The maximum Gasteiger partial charge on any atom is 0.321 e. The molecule has 2 aromatic carbocycles. The molecule has 3 unspecified atom stereocenters. The topological polar surface area (TPSA) is 56.7 Å². The summed E-state index contributed by atoms with van der Waals surface area (Å²) in [6, 6.07) is 17.0. The Morgan fingerprint density at radius 3 is 2.40 bits per heavy atom. The van der Waals surface area contributed by atoms with E-state index in [0.29, 0.717) is 17.8 Å². The second-order valence-corrected chi connectivity index (χ2v) is 12.9. The van der Waals surface area contributed by atoms with Gasteiger partial charge in [-0.1, -0.05) is 49.6 Å². The van der Waals surface area contributed by atoms with Crippen LogP contribution in [0.5, 0.6) is 0 Å². The lowest BCUT2D eigenvalue weighted by atomic mass is 9.83. The number of likely N-dealkylation sites (tertiary alicyclic amines) is 2. The lowest BCUT2D eigenvalue weighted by Gasteiger charge is -2.35. The van der Waals surface area contributed by atoms with Gasteiger partial charge in [-0.15, -0.1) is 11.3 Å². The van der Waals surface area contributed by atoms with Crippen LogP contribution in [0.2, 0.25) is 0 Å². The fraction of sp³-hybridized carbons (Fsp3) is 0.515. The molecule has 1 aromatic heterocycles. The predicted molar refractivity (Wildman–Crippen MR) is 158 cm³/mol. The van der Waals surface area contributed by atoms with Crippen molar-refractivity contribution in [2.24, 2.45) is 11.8 Å². The first-order chi connectivity index (χ1) is 19.5. The van der Waals surface area contributed by atoms with Crippen molar-refractivity contribution in [2.75, 3.05) is 32.7 Å². The zero-order valence-electron chi connectivity index (χ0n) is 23.1. The molecule has 3 aliphatic rings. The van der Waals surface area contributed by atoms with E-state index in [4.69, 9.17) is 4.98 Å². The van der Waals surface area contributed by atoms with Crippen LogP contribution in [-0.4, -0.2) is 64.6 Å². The summed E-state index contributed by atoms with van der Waals surface area (Å²) in [7, 11) is 0. The third kappa shape index (κ3) is 6.17. The fourth-order valence-corrected chi connectivity index (χ4v) is 8.35. The molecule has 0 amide bonds. The first-order valence-corrected chi connectivity index (χ1v) is 15.9. The number of aromatic nitrogens is 1. The molecule has 0 radical (unpaired) electrons. The fourth-order valence-electron chi connectivity index (χ4n) is 7.44. The van der Waals surface area contributed by atoms with E-state index >= 15 is 0 Å². The van der Waals surface area contributed by atoms with Crippen molar-refractivity contribution >= 4 is 17.3 Å². The first-order valence-electron chi connectivity index (χ1n) is 15.0. The van der Waals surface area contributed by atoms with E-state index in [2.05, 4.69) is 45.5 Å². The Hall–Kier alpha value is -2.61. The van der Waals surface area contributed by atoms with Gasteiger partial charge < -0.3 is 10.0 Å². The second kappa shape index (κ2) is 12.5. The maximum atomic E-state index is 13.3. The summed E-state index contributed by atoms with van der Waals surface area (Å²) in [5.41, 5.74) is 3.48. The van der Waals surface area contributed by atoms with E-state index in [1.54, 1.807) is 23.5 Å². The van der Waals surface area contributed by atoms with Crippen molar-refractivity contribution in [3.05, 3.63) is 77.1 Å². The third-order valence-corrected chi connectivity index (χ3v) is 10.5. The molecule has 0 bridgehead atoms. The average Bonchev–Trinajstić information content (AvgIpc) is 3.63. The van der Waals surface area contributed by atoms with Crippen molar-refractivity contribution < 1.29 is 14.3 Å². The lowest BCUT2D eigenvalue weighted by Crippen LogP contribution is -2.46. The Bertz CT molecular complexity index is 1250. The highest BCUT2D eigenvalue weighted by Gasteiger charge is 2.43. The van der Waals surface area contributed by atoms with E-state index in [1.165, 1.54) is 24.1 Å². The number of aliphatic carboxylic acids is 1. The van der Waals surface area contributed by atoms with Crippen LogP contribution in [0.3, 0.4) is 0 Å². The van der Waals surface area contributed by atoms with Crippen LogP contribution in [-0.2, 0) is 4.79 Å². The van der Waals surface area contributed by atoms with Gasteiger partial charge >= 0.3 is 5.97 Å². The van der Waals surface area contributed by atoms with Crippen molar-refractivity contribution in [3.63, 3.8) is 0 Å². The quantitative estimate of drug-likeness (QED) is 0.325. The number of hydrogen-bond acceptors (Lipinski definition) is 5. The number of halogens is 1. The molecule has 3 aromatic rings. The number of thiazole rings is 1. The third-order valence-electron chi connectivity index (χ3n) is 9.55. The summed E-state index contributed by atoms with van der Waals surface area (Å²) in [5.74, 6) is 0.656. The van der Waals surface area contributed by atoms with E-state index < -0.39 is 5.97 Å². The molecule has 1 saturated carbocycles. The van der Waals surface area contributed by atoms with Crippen LogP contribution >= 0.6 is 11.3 Å². The molecule has 1 N–H and O–H groups in total. The maximum absolute atomic E-state index is 13.3. The largest absolute Gasteiger partial charge is 0.480 e. The molecule has 0 spiro atoms. The minimum atomic E-state index is -0.636. The van der Waals surface area contributed by atoms with Crippen molar-refractivity contribution in [2.45, 2.75) is 62.8 Å². The van der Waals surface area contributed by atoms with Gasteiger partial charge in [-0.25, -0.2) is 9.37 Å². The Labute approximate surface area is 241 Å². The Morgan fingerprint density at radius 2 is 1.70 bits per heavy atom. The van der Waals surface area contributed by atoms with Gasteiger partial charge in [0.25, 0.3) is 0 Å².